The van der Waals surface area contributed by atoms with Gasteiger partial charge < -0.3 is 5.32 Å². The van der Waals surface area contributed by atoms with Crippen molar-refractivity contribution in [3.05, 3.63) is 51.9 Å². The molecule has 0 fully saturated rings. The number of aryl methyl sites for hydroxylation is 1. The first-order chi connectivity index (χ1) is 8.58. The van der Waals surface area contributed by atoms with Crippen LogP contribution < -0.4 is 5.32 Å². The molecular weight excluding hydrogens is 269 g/mol. The first kappa shape index (κ1) is 13.1. The number of nitrogens with one attached hydrogen (secondary N) is 1. The highest BCUT2D eigenvalue weighted by Crippen LogP contribution is 2.31. The fraction of sp³-hybridized carbons (Fsp3) is 0.231. The van der Waals surface area contributed by atoms with Gasteiger partial charge in [0.1, 0.15) is 5.82 Å². The molecule has 1 heterocycles. The monoisotopic (exact) mass is 281 g/mol. The first-order valence-electron chi connectivity index (χ1n) is 5.57. The van der Waals surface area contributed by atoms with Crippen molar-refractivity contribution in [3.8, 4) is 0 Å². The Bertz CT molecular complexity index is 558. The van der Waals surface area contributed by atoms with E-state index < -0.39 is 0 Å². The molecule has 0 aliphatic heterocycles. The molecule has 0 amide bonds. The van der Waals surface area contributed by atoms with Crippen molar-refractivity contribution in [2.45, 2.75) is 19.9 Å². The lowest BCUT2D eigenvalue weighted by Gasteiger charge is -2.16. The van der Waals surface area contributed by atoms with Gasteiger partial charge in [-0.2, -0.15) is 0 Å². The summed E-state index contributed by atoms with van der Waals surface area (Å²) < 4.78 is 0. The van der Waals surface area contributed by atoms with Crippen molar-refractivity contribution in [1.82, 2.24) is 9.97 Å². The lowest BCUT2D eigenvalue weighted by Crippen LogP contribution is -2.09. The van der Waals surface area contributed by atoms with Crippen LogP contribution in [0.4, 0.5) is 5.82 Å². The minimum absolute atomic E-state index is 0.00676. The van der Waals surface area contributed by atoms with Gasteiger partial charge in [0, 0.05) is 6.20 Å². The van der Waals surface area contributed by atoms with Crippen LogP contribution in [0.15, 0.2) is 30.6 Å². The number of halogens is 2. The summed E-state index contributed by atoms with van der Waals surface area (Å²) in [6, 6.07) is 5.60. The van der Waals surface area contributed by atoms with E-state index >= 15 is 0 Å². The number of hydrogen-bond acceptors (Lipinski definition) is 3. The lowest BCUT2D eigenvalue weighted by atomic mass is 10.1. The molecule has 2 aromatic rings. The summed E-state index contributed by atoms with van der Waals surface area (Å²) in [5.74, 6) is 0.721. The maximum absolute atomic E-state index is 6.18. The van der Waals surface area contributed by atoms with E-state index in [0.717, 1.165) is 17.1 Å². The third-order valence-corrected chi connectivity index (χ3v) is 3.40. The standard InChI is InChI=1S/C13H13Cl2N3/c1-8-6-16-7-12(17-8)18-9(2)10-4-3-5-11(14)13(10)15/h3-7,9H,1-2H3,(H,17,18). The number of anilines is 1. The molecule has 0 aliphatic rings. The Hall–Kier alpha value is -1.32. The average molecular weight is 282 g/mol. The fourth-order valence-electron chi connectivity index (χ4n) is 1.69. The minimum Gasteiger partial charge on any atom is -0.362 e. The Kier molecular flexibility index (Phi) is 4.04. The molecule has 1 N–H and O–H groups in total. The Morgan fingerprint density at radius 1 is 1.22 bits per heavy atom. The zero-order valence-electron chi connectivity index (χ0n) is 10.1. The molecule has 0 bridgehead atoms. The minimum atomic E-state index is 0.00676. The predicted molar refractivity (Wildman–Crippen MR) is 75.3 cm³/mol. The van der Waals surface area contributed by atoms with Gasteiger partial charge in [-0.1, -0.05) is 35.3 Å². The summed E-state index contributed by atoms with van der Waals surface area (Å²) in [5.41, 5.74) is 1.80. The molecule has 18 heavy (non-hydrogen) atoms. The third kappa shape index (κ3) is 2.92. The van der Waals surface area contributed by atoms with Gasteiger partial charge >= 0.3 is 0 Å². The quantitative estimate of drug-likeness (QED) is 0.913. The number of benzene rings is 1. The zero-order chi connectivity index (χ0) is 13.1. The smallest absolute Gasteiger partial charge is 0.145 e. The number of nitrogens with zero attached hydrogens (tertiary/aromatic N) is 2. The fourth-order valence-corrected chi connectivity index (χ4v) is 2.16. The average Bonchev–Trinajstić information content (AvgIpc) is 2.32. The van der Waals surface area contributed by atoms with E-state index in [-0.39, 0.29) is 6.04 Å². The number of rotatable bonds is 3. The Morgan fingerprint density at radius 2 is 2.00 bits per heavy atom. The zero-order valence-corrected chi connectivity index (χ0v) is 11.6. The largest absolute Gasteiger partial charge is 0.362 e. The van der Waals surface area contributed by atoms with Crippen molar-refractivity contribution in [3.63, 3.8) is 0 Å². The van der Waals surface area contributed by atoms with Crippen LogP contribution in [0.3, 0.4) is 0 Å². The highest BCUT2D eigenvalue weighted by atomic mass is 35.5. The van der Waals surface area contributed by atoms with Gasteiger partial charge in [0.05, 0.1) is 28.0 Å². The van der Waals surface area contributed by atoms with Gasteiger partial charge in [-0.05, 0) is 25.5 Å². The molecule has 1 aromatic heterocycles. The van der Waals surface area contributed by atoms with Crippen LogP contribution in [0.25, 0.3) is 0 Å². The van der Waals surface area contributed by atoms with E-state index in [4.69, 9.17) is 23.2 Å². The van der Waals surface area contributed by atoms with E-state index in [1.165, 1.54) is 0 Å². The Labute approximate surface area is 116 Å². The SMILES string of the molecule is Cc1cncc(NC(C)c2cccc(Cl)c2Cl)n1. The number of hydrogen-bond donors (Lipinski definition) is 1. The van der Waals surface area contributed by atoms with Crippen LogP contribution in [-0.2, 0) is 0 Å². The van der Waals surface area contributed by atoms with Crippen LogP contribution >= 0.6 is 23.2 Å². The molecule has 2 rings (SSSR count). The first-order valence-corrected chi connectivity index (χ1v) is 6.32. The normalized spacial score (nSPS) is 12.2. The molecule has 0 radical (unpaired) electrons. The van der Waals surface area contributed by atoms with E-state index in [0.29, 0.717) is 10.0 Å². The van der Waals surface area contributed by atoms with Gasteiger partial charge in [-0.3, -0.25) is 4.98 Å². The summed E-state index contributed by atoms with van der Waals surface area (Å²) in [6.45, 7) is 3.90. The maximum atomic E-state index is 6.18. The number of aromatic nitrogens is 2. The summed E-state index contributed by atoms with van der Waals surface area (Å²) in [4.78, 5) is 8.43. The summed E-state index contributed by atoms with van der Waals surface area (Å²) in [5, 5.41) is 4.37. The van der Waals surface area contributed by atoms with E-state index in [2.05, 4.69) is 15.3 Å². The summed E-state index contributed by atoms with van der Waals surface area (Å²) in [7, 11) is 0. The van der Waals surface area contributed by atoms with Gasteiger partial charge in [0.15, 0.2) is 0 Å². The topological polar surface area (TPSA) is 37.8 Å². The molecule has 0 aliphatic carbocycles. The van der Waals surface area contributed by atoms with E-state index in [1.54, 1.807) is 18.5 Å². The third-order valence-electron chi connectivity index (χ3n) is 2.57. The van der Waals surface area contributed by atoms with Crippen molar-refractivity contribution in [2.24, 2.45) is 0 Å². The van der Waals surface area contributed by atoms with Crippen molar-refractivity contribution < 1.29 is 0 Å². The van der Waals surface area contributed by atoms with Crippen LogP contribution in [0.1, 0.15) is 24.2 Å². The van der Waals surface area contributed by atoms with Crippen LogP contribution in [0, 0.1) is 6.92 Å². The molecule has 5 heteroatoms. The molecule has 1 atom stereocenters. The van der Waals surface area contributed by atoms with Gasteiger partial charge in [0.25, 0.3) is 0 Å². The van der Waals surface area contributed by atoms with Gasteiger partial charge in [-0.15, -0.1) is 0 Å². The highest BCUT2D eigenvalue weighted by Gasteiger charge is 2.12. The van der Waals surface area contributed by atoms with Crippen LogP contribution in [-0.4, -0.2) is 9.97 Å². The molecule has 1 unspecified atom stereocenters. The predicted octanol–water partition coefficient (Wildman–Crippen LogP) is 4.26. The molecule has 94 valence electrons. The second-order valence-corrected chi connectivity index (χ2v) is 4.84. The Balaban J connectivity index is 2.22. The van der Waals surface area contributed by atoms with Crippen LogP contribution in [0.2, 0.25) is 10.0 Å². The second kappa shape index (κ2) is 5.55. The molecule has 0 spiro atoms. The van der Waals surface area contributed by atoms with Crippen molar-refractivity contribution in [2.75, 3.05) is 5.32 Å². The van der Waals surface area contributed by atoms with Gasteiger partial charge in [-0.25, -0.2) is 4.98 Å². The van der Waals surface area contributed by atoms with Crippen molar-refractivity contribution >= 4 is 29.0 Å². The second-order valence-electron chi connectivity index (χ2n) is 4.05. The molecule has 0 saturated carbocycles. The van der Waals surface area contributed by atoms with Crippen molar-refractivity contribution in [1.29, 1.82) is 0 Å². The molecule has 0 saturated heterocycles. The Morgan fingerprint density at radius 3 is 2.72 bits per heavy atom. The lowest BCUT2D eigenvalue weighted by molar-refractivity contribution is 0.868. The molecule has 3 nitrogen and oxygen atoms in total. The van der Waals surface area contributed by atoms with Gasteiger partial charge in [0.2, 0.25) is 0 Å². The molecule has 1 aromatic carbocycles. The van der Waals surface area contributed by atoms with Crippen LogP contribution in [0.5, 0.6) is 0 Å². The molecular formula is C13H13Cl2N3. The summed E-state index contributed by atoms with van der Waals surface area (Å²) >= 11 is 12.2. The maximum Gasteiger partial charge on any atom is 0.145 e. The van der Waals surface area contributed by atoms with E-state index in [9.17, 15) is 0 Å². The highest BCUT2D eigenvalue weighted by molar-refractivity contribution is 6.42. The summed E-state index contributed by atoms with van der Waals surface area (Å²) in [6.07, 6.45) is 3.39. The van der Waals surface area contributed by atoms with E-state index in [1.807, 2.05) is 26.0 Å².